The van der Waals surface area contributed by atoms with Crippen molar-refractivity contribution < 1.29 is 15.3 Å². The molecule has 0 spiro atoms. The lowest BCUT2D eigenvalue weighted by Gasteiger charge is -2.15. The highest BCUT2D eigenvalue weighted by Gasteiger charge is 2.22. The summed E-state index contributed by atoms with van der Waals surface area (Å²) >= 11 is 5.75. The van der Waals surface area contributed by atoms with Crippen LogP contribution in [0.1, 0.15) is 18.2 Å². The summed E-state index contributed by atoms with van der Waals surface area (Å²) in [4.78, 5) is 4.03. The molecule has 92 valence electrons. The summed E-state index contributed by atoms with van der Waals surface area (Å²) in [5.74, 6) is 0. The lowest BCUT2D eigenvalue weighted by molar-refractivity contribution is 0.000968. The molecule has 6 nitrogen and oxygen atoms in total. The molecule has 0 saturated carbocycles. The Hall–Kier alpha value is -1.21. The zero-order chi connectivity index (χ0) is 12.4. The van der Waals surface area contributed by atoms with Crippen LogP contribution in [0, 0.1) is 0 Å². The van der Waals surface area contributed by atoms with E-state index in [1.807, 2.05) is 0 Å². The second-order valence-corrected chi connectivity index (χ2v) is 4.02. The van der Waals surface area contributed by atoms with E-state index in [0.717, 1.165) is 0 Å². The predicted molar refractivity (Wildman–Crippen MR) is 60.7 cm³/mol. The molecule has 2 atom stereocenters. The number of rotatable bonds is 4. The fraction of sp³-hybridized carbons (Fsp3) is 0.400. The molecule has 0 saturated heterocycles. The molecule has 2 rings (SSSR count). The molecule has 0 aliphatic heterocycles. The van der Waals surface area contributed by atoms with Crippen molar-refractivity contribution in [3.63, 3.8) is 0 Å². The normalized spacial score (nSPS) is 15.1. The monoisotopic (exact) mass is 257 g/mol. The maximum atomic E-state index is 9.89. The first-order valence-electron chi connectivity index (χ1n) is 5.10. The van der Waals surface area contributed by atoms with Crippen LogP contribution in [-0.4, -0.2) is 42.6 Å². The topological polar surface area (TPSA) is 90.9 Å². The zero-order valence-electron chi connectivity index (χ0n) is 8.86. The van der Waals surface area contributed by atoms with E-state index in [1.165, 1.54) is 10.7 Å². The van der Waals surface area contributed by atoms with Gasteiger partial charge in [-0.15, -0.1) is 0 Å². The highest BCUT2D eigenvalue weighted by molar-refractivity contribution is 6.29. The molecule has 2 heterocycles. The van der Waals surface area contributed by atoms with Crippen molar-refractivity contribution in [1.82, 2.24) is 14.6 Å². The van der Waals surface area contributed by atoms with E-state index in [4.69, 9.17) is 16.7 Å². The molecule has 0 radical (unpaired) electrons. The average molecular weight is 258 g/mol. The third kappa shape index (κ3) is 2.39. The Kier molecular flexibility index (Phi) is 3.58. The van der Waals surface area contributed by atoms with Gasteiger partial charge in [0.05, 0.1) is 18.0 Å². The minimum atomic E-state index is -1.16. The standard InChI is InChI=1S/C10H12ClN3O3/c11-8-1-2-9-12-5-6(14(9)13-8)10(17)7(16)3-4-15/h1-2,5,7,10,15-17H,3-4H2. The van der Waals surface area contributed by atoms with Crippen molar-refractivity contribution in [3.05, 3.63) is 29.2 Å². The van der Waals surface area contributed by atoms with Crippen LogP contribution in [0.5, 0.6) is 0 Å². The van der Waals surface area contributed by atoms with E-state index in [-0.39, 0.29) is 18.2 Å². The van der Waals surface area contributed by atoms with Crippen molar-refractivity contribution in [1.29, 1.82) is 0 Å². The summed E-state index contributed by atoms with van der Waals surface area (Å²) in [7, 11) is 0. The van der Waals surface area contributed by atoms with Crippen molar-refractivity contribution in [2.75, 3.05) is 6.61 Å². The molecule has 0 bridgehead atoms. The van der Waals surface area contributed by atoms with Crippen LogP contribution in [0.3, 0.4) is 0 Å². The van der Waals surface area contributed by atoms with Gasteiger partial charge in [0.25, 0.3) is 0 Å². The van der Waals surface area contributed by atoms with Crippen molar-refractivity contribution in [3.8, 4) is 0 Å². The first kappa shape index (κ1) is 12.3. The average Bonchev–Trinajstić information content (AvgIpc) is 2.71. The third-order valence-electron chi connectivity index (χ3n) is 2.45. The largest absolute Gasteiger partial charge is 0.396 e. The van der Waals surface area contributed by atoms with Gasteiger partial charge < -0.3 is 15.3 Å². The molecule has 0 aromatic carbocycles. The number of fused-ring (bicyclic) bond motifs is 1. The molecule has 17 heavy (non-hydrogen) atoms. The number of aromatic nitrogens is 3. The Morgan fingerprint density at radius 1 is 1.35 bits per heavy atom. The molecule has 2 aromatic rings. The Bertz CT molecular complexity index is 516. The van der Waals surface area contributed by atoms with Crippen molar-refractivity contribution >= 4 is 17.2 Å². The van der Waals surface area contributed by atoms with E-state index >= 15 is 0 Å². The van der Waals surface area contributed by atoms with Gasteiger partial charge in [0.1, 0.15) is 11.3 Å². The highest BCUT2D eigenvalue weighted by Crippen LogP contribution is 2.20. The number of halogens is 1. The summed E-state index contributed by atoms with van der Waals surface area (Å²) < 4.78 is 1.37. The number of imidazole rings is 1. The van der Waals surface area contributed by atoms with Crippen LogP contribution < -0.4 is 0 Å². The lowest BCUT2D eigenvalue weighted by atomic mass is 10.1. The molecule has 0 amide bonds. The van der Waals surface area contributed by atoms with E-state index in [2.05, 4.69) is 10.1 Å². The summed E-state index contributed by atoms with van der Waals surface area (Å²) in [6.07, 6.45) is -0.734. The van der Waals surface area contributed by atoms with Gasteiger partial charge in [-0.05, 0) is 18.6 Å². The van der Waals surface area contributed by atoms with Crippen LogP contribution in [0.15, 0.2) is 18.3 Å². The fourth-order valence-corrected chi connectivity index (χ4v) is 1.70. The highest BCUT2D eigenvalue weighted by atomic mass is 35.5. The number of nitrogens with zero attached hydrogens (tertiary/aromatic N) is 3. The Morgan fingerprint density at radius 3 is 2.82 bits per heavy atom. The van der Waals surface area contributed by atoms with E-state index in [9.17, 15) is 10.2 Å². The SMILES string of the molecule is OCCC(O)C(O)c1cnc2ccc(Cl)nn12. The summed E-state index contributed by atoms with van der Waals surface area (Å²) in [5.41, 5.74) is 0.864. The molecule has 0 fully saturated rings. The number of hydrogen-bond acceptors (Lipinski definition) is 5. The Morgan fingerprint density at radius 2 is 2.12 bits per heavy atom. The van der Waals surface area contributed by atoms with Gasteiger partial charge in [-0.3, -0.25) is 0 Å². The number of aliphatic hydroxyl groups excluding tert-OH is 3. The summed E-state index contributed by atoms with van der Waals surface area (Å²) in [6.45, 7) is -0.205. The molecular weight excluding hydrogens is 246 g/mol. The van der Waals surface area contributed by atoms with Crippen LogP contribution in [-0.2, 0) is 0 Å². The molecule has 0 aliphatic carbocycles. The molecule has 2 aromatic heterocycles. The maximum Gasteiger partial charge on any atom is 0.153 e. The fourth-order valence-electron chi connectivity index (χ4n) is 1.56. The zero-order valence-corrected chi connectivity index (χ0v) is 9.62. The van der Waals surface area contributed by atoms with E-state index in [1.54, 1.807) is 12.1 Å². The molecule has 3 N–H and O–H groups in total. The van der Waals surface area contributed by atoms with Gasteiger partial charge in [-0.25, -0.2) is 9.50 Å². The number of aliphatic hydroxyl groups is 3. The van der Waals surface area contributed by atoms with Crippen LogP contribution in [0.4, 0.5) is 0 Å². The number of hydrogen-bond donors (Lipinski definition) is 3. The summed E-state index contributed by atoms with van der Waals surface area (Å²) in [6, 6.07) is 3.24. The second kappa shape index (κ2) is 4.97. The summed E-state index contributed by atoms with van der Waals surface area (Å²) in [5, 5.41) is 32.5. The molecule has 0 aliphatic rings. The minimum absolute atomic E-state index is 0.0783. The van der Waals surface area contributed by atoms with Crippen LogP contribution >= 0.6 is 11.6 Å². The van der Waals surface area contributed by atoms with Crippen LogP contribution in [0.25, 0.3) is 5.65 Å². The second-order valence-electron chi connectivity index (χ2n) is 3.63. The van der Waals surface area contributed by atoms with Crippen molar-refractivity contribution in [2.45, 2.75) is 18.6 Å². The van der Waals surface area contributed by atoms with Crippen molar-refractivity contribution in [2.24, 2.45) is 0 Å². The maximum absolute atomic E-state index is 9.89. The smallest absolute Gasteiger partial charge is 0.153 e. The first-order chi connectivity index (χ1) is 8.13. The first-order valence-corrected chi connectivity index (χ1v) is 5.48. The van der Waals surface area contributed by atoms with Gasteiger partial charge in [-0.1, -0.05) is 11.6 Å². The van der Waals surface area contributed by atoms with E-state index in [0.29, 0.717) is 11.3 Å². The van der Waals surface area contributed by atoms with Gasteiger partial charge in [0.15, 0.2) is 5.65 Å². The van der Waals surface area contributed by atoms with Gasteiger partial charge in [0.2, 0.25) is 0 Å². The lowest BCUT2D eigenvalue weighted by Crippen LogP contribution is -2.21. The van der Waals surface area contributed by atoms with Gasteiger partial charge in [-0.2, -0.15) is 5.10 Å². The minimum Gasteiger partial charge on any atom is -0.396 e. The third-order valence-corrected chi connectivity index (χ3v) is 2.65. The van der Waals surface area contributed by atoms with Gasteiger partial charge in [0, 0.05) is 6.61 Å². The quantitative estimate of drug-likeness (QED) is 0.726. The van der Waals surface area contributed by atoms with Crippen LogP contribution in [0.2, 0.25) is 5.15 Å². The Labute approximate surface area is 102 Å². The molecular formula is C10H12ClN3O3. The Balaban J connectivity index is 2.38. The molecule has 2 unspecified atom stereocenters. The van der Waals surface area contributed by atoms with E-state index < -0.39 is 12.2 Å². The molecule has 7 heteroatoms. The van der Waals surface area contributed by atoms with Gasteiger partial charge >= 0.3 is 0 Å². The predicted octanol–water partition coefficient (Wildman–Crippen LogP) is 0.159.